The van der Waals surface area contributed by atoms with Crippen molar-refractivity contribution in [3.05, 3.63) is 47.5 Å². The van der Waals surface area contributed by atoms with Crippen molar-refractivity contribution >= 4 is 46.4 Å². The Balaban J connectivity index is 1.65. The minimum atomic E-state index is 0.547. The molecule has 0 atom stereocenters. The predicted octanol–water partition coefficient (Wildman–Crippen LogP) is 4.83. The Kier molecular flexibility index (Phi) is 8.18. The summed E-state index contributed by atoms with van der Waals surface area (Å²) in [5, 5.41) is 7.44. The van der Waals surface area contributed by atoms with Crippen LogP contribution < -0.4 is 20.1 Å². The number of thioether (sulfide) groups is 1. The second-order valence-corrected chi connectivity index (χ2v) is 7.09. The lowest BCUT2D eigenvalue weighted by Crippen LogP contribution is -2.29. The van der Waals surface area contributed by atoms with Crippen molar-refractivity contribution in [2.75, 3.05) is 31.8 Å². The van der Waals surface area contributed by atoms with E-state index in [1.807, 2.05) is 30.0 Å². The van der Waals surface area contributed by atoms with E-state index < -0.39 is 0 Å². The summed E-state index contributed by atoms with van der Waals surface area (Å²) in [6.45, 7) is 0.804. The Bertz CT molecular complexity index is 696. The molecule has 2 aromatic carbocycles. The highest BCUT2D eigenvalue weighted by atomic mass is 35.5. The molecule has 134 valence electrons. The smallest absolute Gasteiger partial charge is 0.170 e. The first kappa shape index (κ1) is 19.7. The lowest BCUT2D eigenvalue weighted by molar-refractivity contribution is 0.414. The number of nitrogens with one attached hydrogen (secondary N) is 2. The molecule has 0 aliphatic carbocycles. The van der Waals surface area contributed by atoms with E-state index in [9.17, 15) is 0 Å². The summed E-state index contributed by atoms with van der Waals surface area (Å²) in [4.78, 5) is 1.23. The van der Waals surface area contributed by atoms with Gasteiger partial charge in [0.25, 0.3) is 0 Å². The number of ether oxygens (including phenoxy) is 2. The van der Waals surface area contributed by atoms with Crippen molar-refractivity contribution in [2.45, 2.75) is 11.3 Å². The second-order valence-electron chi connectivity index (χ2n) is 5.11. The van der Waals surface area contributed by atoms with Gasteiger partial charge in [0, 0.05) is 17.1 Å². The number of hydrogen-bond acceptors (Lipinski definition) is 4. The summed E-state index contributed by atoms with van der Waals surface area (Å²) in [7, 11) is 3.26. The number of thiocarbonyl (C=S) groups is 1. The van der Waals surface area contributed by atoms with Gasteiger partial charge in [-0.2, -0.15) is 0 Å². The Morgan fingerprint density at radius 2 is 1.88 bits per heavy atom. The Labute approximate surface area is 163 Å². The van der Waals surface area contributed by atoms with Gasteiger partial charge in [0.2, 0.25) is 0 Å². The van der Waals surface area contributed by atoms with Gasteiger partial charge in [-0.15, -0.1) is 11.8 Å². The van der Waals surface area contributed by atoms with Crippen molar-refractivity contribution in [2.24, 2.45) is 0 Å². The second kappa shape index (κ2) is 10.4. The lowest BCUT2D eigenvalue weighted by atomic mass is 10.3. The SMILES string of the molecule is COc1ccc(SCCCNC(=S)Nc2ccc(OC)c(Cl)c2)cc1. The molecule has 0 aliphatic heterocycles. The standard InChI is InChI=1S/C18H21ClN2O2S2/c1-22-14-5-7-15(8-6-14)25-11-3-10-20-18(24)21-13-4-9-17(23-2)16(19)12-13/h4-9,12H,3,10-11H2,1-2H3,(H2,20,21,24). The number of benzene rings is 2. The zero-order valence-electron chi connectivity index (χ0n) is 14.2. The molecule has 7 heteroatoms. The first-order valence-electron chi connectivity index (χ1n) is 7.77. The van der Waals surface area contributed by atoms with Gasteiger partial charge < -0.3 is 20.1 Å². The lowest BCUT2D eigenvalue weighted by Gasteiger charge is -2.11. The van der Waals surface area contributed by atoms with Crippen molar-refractivity contribution in [1.29, 1.82) is 0 Å². The third-order valence-corrected chi connectivity index (χ3v) is 4.98. The number of hydrogen-bond donors (Lipinski definition) is 2. The van der Waals surface area contributed by atoms with Gasteiger partial charge in [0.15, 0.2) is 5.11 Å². The number of anilines is 1. The summed E-state index contributed by atoms with van der Waals surface area (Å²) in [5.74, 6) is 2.53. The zero-order chi connectivity index (χ0) is 18.1. The van der Waals surface area contributed by atoms with Gasteiger partial charge in [-0.3, -0.25) is 0 Å². The number of halogens is 1. The fourth-order valence-corrected chi connectivity index (χ4v) is 3.39. The first-order chi connectivity index (χ1) is 12.1. The van der Waals surface area contributed by atoms with Crippen molar-refractivity contribution < 1.29 is 9.47 Å². The molecule has 0 fully saturated rings. The average molecular weight is 397 g/mol. The molecule has 2 rings (SSSR count). The van der Waals surface area contributed by atoms with Crippen LogP contribution in [0.1, 0.15) is 6.42 Å². The normalized spacial score (nSPS) is 10.2. The molecule has 2 aromatic rings. The van der Waals surface area contributed by atoms with E-state index in [0.29, 0.717) is 15.9 Å². The largest absolute Gasteiger partial charge is 0.497 e. The van der Waals surface area contributed by atoms with Gasteiger partial charge in [-0.05, 0) is 66.9 Å². The van der Waals surface area contributed by atoms with E-state index in [4.69, 9.17) is 33.3 Å². The number of methoxy groups -OCH3 is 2. The first-order valence-corrected chi connectivity index (χ1v) is 9.55. The van der Waals surface area contributed by atoms with E-state index in [1.54, 1.807) is 26.4 Å². The van der Waals surface area contributed by atoms with E-state index in [1.165, 1.54) is 4.90 Å². The maximum atomic E-state index is 6.10. The molecule has 0 unspecified atom stereocenters. The van der Waals surface area contributed by atoms with Crippen LogP contribution >= 0.6 is 35.6 Å². The summed E-state index contributed by atoms with van der Waals surface area (Å²) in [5.41, 5.74) is 0.830. The van der Waals surface area contributed by atoms with Crippen LogP contribution in [-0.2, 0) is 0 Å². The quantitative estimate of drug-likeness (QED) is 0.378. The minimum absolute atomic E-state index is 0.547. The van der Waals surface area contributed by atoms with E-state index in [0.717, 1.165) is 30.2 Å². The van der Waals surface area contributed by atoms with Gasteiger partial charge in [0.05, 0.1) is 19.2 Å². The Morgan fingerprint density at radius 1 is 1.12 bits per heavy atom. The summed E-state index contributed by atoms with van der Waals surface area (Å²) >= 11 is 13.2. The zero-order valence-corrected chi connectivity index (χ0v) is 16.6. The van der Waals surface area contributed by atoms with E-state index in [-0.39, 0.29) is 0 Å². The Morgan fingerprint density at radius 3 is 2.52 bits per heavy atom. The molecule has 0 aliphatic rings. The molecule has 0 radical (unpaired) electrons. The maximum Gasteiger partial charge on any atom is 0.170 e. The van der Waals surface area contributed by atoms with Crippen LogP contribution in [0.4, 0.5) is 5.69 Å². The van der Waals surface area contributed by atoms with Crippen molar-refractivity contribution in [3.8, 4) is 11.5 Å². The third-order valence-electron chi connectivity index (χ3n) is 3.34. The molecular formula is C18H21ClN2O2S2. The molecule has 0 saturated carbocycles. The van der Waals surface area contributed by atoms with Crippen LogP contribution in [-0.4, -0.2) is 31.6 Å². The highest BCUT2D eigenvalue weighted by molar-refractivity contribution is 7.99. The molecular weight excluding hydrogens is 376 g/mol. The molecule has 0 amide bonds. The molecule has 0 heterocycles. The van der Waals surface area contributed by atoms with Crippen molar-refractivity contribution in [3.63, 3.8) is 0 Å². The monoisotopic (exact) mass is 396 g/mol. The van der Waals surface area contributed by atoms with Gasteiger partial charge in [-0.1, -0.05) is 11.6 Å². The molecule has 0 saturated heterocycles. The van der Waals surface area contributed by atoms with Crippen LogP contribution in [0, 0.1) is 0 Å². The van der Waals surface area contributed by atoms with Gasteiger partial charge in [0.1, 0.15) is 11.5 Å². The average Bonchev–Trinajstić information content (AvgIpc) is 2.62. The van der Waals surface area contributed by atoms with Crippen LogP contribution in [0.25, 0.3) is 0 Å². The fourth-order valence-electron chi connectivity index (χ4n) is 2.06. The summed E-state index contributed by atoms with van der Waals surface area (Å²) < 4.78 is 10.3. The van der Waals surface area contributed by atoms with E-state index >= 15 is 0 Å². The summed E-state index contributed by atoms with van der Waals surface area (Å²) in [6, 6.07) is 13.5. The summed E-state index contributed by atoms with van der Waals surface area (Å²) in [6.07, 6.45) is 1.00. The molecule has 4 nitrogen and oxygen atoms in total. The highest BCUT2D eigenvalue weighted by Gasteiger charge is 2.03. The fraction of sp³-hybridized carbons (Fsp3) is 0.278. The Hall–Kier alpha value is -1.63. The van der Waals surface area contributed by atoms with Crippen molar-refractivity contribution in [1.82, 2.24) is 5.32 Å². The highest BCUT2D eigenvalue weighted by Crippen LogP contribution is 2.27. The van der Waals surface area contributed by atoms with E-state index in [2.05, 4.69) is 22.8 Å². The molecule has 25 heavy (non-hydrogen) atoms. The van der Waals surface area contributed by atoms with Crippen LogP contribution in [0.5, 0.6) is 11.5 Å². The van der Waals surface area contributed by atoms with Crippen LogP contribution in [0.2, 0.25) is 5.02 Å². The predicted molar refractivity (Wildman–Crippen MR) is 111 cm³/mol. The van der Waals surface area contributed by atoms with Gasteiger partial charge in [-0.25, -0.2) is 0 Å². The number of rotatable bonds is 8. The van der Waals surface area contributed by atoms with Crippen LogP contribution in [0.3, 0.4) is 0 Å². The molecule has 0 spiro atoms. The maximum absolute atomic E-state index is 6.10. The molecule has 0 bridgehead atoms. The molecule has 2 N–H and O–H groups in total. The topological polar surface area (TPSA) is 42.5 Å². The van der Waals surface area contributed by atoms with Crippen LogP contribution in [0.15, 0.2) is 47.4 Å². The van der Waals surface area contributed by atoms with Gasteiger partial charge >= 0.3 is 0 Å². The minimum Gasteiger partial charge on any atom is -0.497 e. The molecule has 0 aromatic heterocycles. The third kappa shape index (κ3) is 6.65.